The first kappa shape index (κ1) is 43.0. The van der Waals surface area contributed by atoms with Crippen LogP contribution in [0.3, 0.4) is 0 Å². The molecule has 0 saturated carbocycles. The molecular formula is C41H56N2O10. The van der Waals surface area contributed by atoms with E-state index in [-0.39, 0.29) is 59.8 Å². The first-order valence-corrected chi connectivity index (χ1v) is 17.9. The topological polar surface area (TPSA) is 130 Å². The molecule has 53 heavy (non-hydrogen) atoms. The van der Waals surface area contributed by atoms with Gasteiger partial charge in [0.2, 0.25) is 0 Å². The summed E-state index contributed by atoms with van der Waals surface area (Å²) in [5.74, 6) is -1.65. The number of ether oxygens (including phenoxy) is 6. The van der Waals surface area contributed by atoms with Crippen molar-refractivity contribution in [3.63, 3.8) is 0 Å². The van der Waals surface area contributed by atoms with Crippen LogP contribution in [-0.2, 0) is 48.8 Å². The highest BCUT2D eigenvalue weighted by Gasteiger charge is 2.54. The van der Waals surface area contributed by atoms with Gasteiger partial charge in [0.05, 0.1) is 55.6 Å². The lowest BCUT2D eigenvalue weighted by Gasteiger charge is -2.29. The summed E-state index contributed by atoms with van der Waals surface area (Å²) in [6.45, 7) is 20.3. The monoisotopic (exact) mass is 736 g/mol. The van der Waals surface area contributed by atoms with Crippen molar-refractivity contribution in [1.82, 2.24) is 9.80 Å². The molecule has 2 aliphatic heterocycles. The largest absolute Gasteiger partial charge is 0.440 e. The Bertz CT molecular complexity index is 1680. The van der Waals surface area contributed by atoms with Crippen LogP contribution in [0.2, 0.25) is 0 Å². The average molecular weight is 737 g/mol. The predicted octanol–water partition coefficient (Wildman–Crippen LogP) is 7.45. The first-order chi connectivity index (χ1) is 24.9. The molecule has 4 amide bonds. The van der Waals surface area contributed by atoms with Crippen molar-refractivity contribution in [2.24, 2.45) is 0 Å². The van der Waals surface area contributed by atoms with E-state index < -0.39 is 36.4 Å². The number of nitrogens with zero attached hydrogens (tertiary/aromatic N) is 2. The van der Waals surface area contributed by atoms with Crippen LogP contribution in [0.4, 0.5) is 9.59 Å². The molecule has 0 N–H and O–H groups in total. The summed E-state index contributed by atoms with van der Waals surface area (Å²) in [5.41, 5.74) is 0.992. The van der Waals surface area contributed by atoms with Gasteiger partial charge in [-0.05, 0) is 46.9 Å². The number of fused-ring (bicyclic) bond motifs is 1. The molecule has 4 rings (SSSR count). The fourth-order valence-corrected chi connectivity index (χ4v) is 5.58. The zero-order valence-electron chi connectivity index (χ0n) is 33.3. The van der Waals surface area contributed by atoms with Gasteiger partial charge in [-0.3, -0.25) is 9.59 Å². The molecule has 0 saturated heterocycles. The second-order valence-corrected chi connectivity index (χ2v) is 15.0. The molecule has 0 atom stereocenters. The van der Waals surface area contributed by atoms with Crippen molar-refractivity contribution in [3.05, 3.63) is 81.9 Å². The highest BCUT2D eigenvalue weighted by atomic mass is 16.7. The van der Waals surface area contributed by atoms with Crippen molar-refractivity contribution in [3.8, 4) is 0 Å². The number of amides is 4. The van der Waals surface area contributed by atoms with Gasteiger partial charge in [-0.25, -0.2) is 19.4 Å². The Labute approximate surface area is 314 Å². The van der Waals surface area contributed by atoms with E-state index in [9.17, 15) is 19.2 Å². The molecule has 0 unspecified atom stereocenters. The number of hydrogen-bond acceptors (Lipinski definition) is 10. The third kappa shape index (κ3) is 10.2. The van der Waals surface area contributed by atoms with Gasteiger partial charge in [0.1, 0.15) is 5.60 Å². The highest BCUT2D eigenvalue weighted by Crippen LogP contribution is 2.47. The zero-order chi connectivity index (χ0) is 39.7. The van der Waals surface area contributed by atoms with Crippen molar-refractivity contribution in [2.45, 2.75) is 85.7 Å². The number of methoxy groups -OCH3 is 2. The van der Waals surface area contributed by atoms with Gasteiger partial charge in [-0.2, -0.15) is 0 Å². The molecule has 2 aromatic rings. The molecule has 12 heteroatoms. The lowest BCUT2D eigenvalue weighted by atomic mass is 9.86. The minimum absolute atomic E-state index is 0.00276. The van der Waals surface area contributed by atoms with E-state index in [2.05, 4.69) is 41.5 Å². The van der Waals surface area contributed by atoms with Crippen LogP contribution in [0.15, 0.2) is 59.7 Å². The summed E-state index contributed by atoms with van der Waals surface area (Å²) < 4.78 is 32.2. The summed E-state index contributed by atoms with van der Waals surface area (Å²) in [7, 11) is 3.06. The number of carbonyl (C=O) groups is 4. The van der Waals surface area contributed by atoms with Crippen LogP contribution < -0.4 is 0 Å². The maximum absolute atomic E-state index is 14.6. The van der Waals surface area contributed by atoms with Crippen molar-refractivity contribution in [1.29, 1.82) is 0 Å². The molecule has 0 radical (unpaired) electrons. The van der Waals surface area contributed by atoms with Crippen LogP contribution in [0.25, 0.3) is 11.4 Å². The Balaban J connectivity index is 0.00000372. The zero-order valence-corrected chi connectivity index (χ0v) is 33.3. The molecule has 0 spiro atoms. The maximum atomic E-state index is 14.6. The SMILES string of the molecule is CC.COCCOCOC(=O)N1C(=O)C2=C(c3ccc(C(C)(C)C)cc3)N(C(=O)OC(C)(C)COCCOC)C(=O)C2=C1c1ccc(C(C)(C)C)cc1. The minimum Gasteiger partial charge on any atom is -0.440 e. The standard InChI is InChI=1S/C39H50N2O10.C2H6/c1-37(2,3)27-15-11-25(12-16-27)31-29-30(33(42)40(31)35(44)50-24-49-22-20-47-10)32(26-13-17-28(18-14-26)38(4,5)6)41(34(29)43)36(45)51-39(7,8)23-48-21-19-46-9;1-2/h11-18H,19-24H2,1-10H3;1-2H3. The predicted molar refractivity (Wildman–Crippen MR) is 202 cm³/mol. The molecule has 0 fully saturated rings. The lowest BCUT2D eigenvalue weighted by Crippen LogP contribution is -2.42. The fourth-order valence-electron chi connectivity index (χ4n) is 5.58. The Kier molecular flexibility index (Phi) is 14.7. The van der Waals surface area contributed by atoms with Gasteiger partial charge in [0, 0.05) is 14.2 Å². The van der Waals surface area contributed by atoms with Crippen molar-refractivity contribution in [2.75, 3.05) is 54.0 Å². The average Bonchev–Trinajstić information content (AvgIpc) is 3.57. The molecule has 2 aliphatic rings. The summed E-state index contributed by atoms with van der Waals surface area (Å²) in [5, 5.41) is 0. The van der Waals surface area contributed by atoms with Crippen LogP contribution in [0.1, 0.15) is 91.5 Å². The van der Waals surface area contributed by atoms with Crippen molar-refractivity contribution >= 4 is 35.4 Å². The second kappa shape index (κ2) is 18.1. The number of carbonyl (C=O) groups excluding carboxylic acids is 4. The van der Waals surface area contributed by atoms with E-state index in [1.165, 1.54) is 7.11 Å². The van der Waals surface area contributed by atoms with E-state index in [0.29, 0.717) is 17.7 Å². The van der Waals surface area contributed by atoms with Crippen LogP contribution in [0.5, 0.6) is 0 Å². The summed E-state index contributed by atoms with van der Waals surface area (Å²) in [6.07, 6.45) is -2.04. The maximum Gasteiger partial charge on any atom is 0.423 e. The Morgan fingerprint density at radius 2 is 0.981 bits per heavy atom. The summed E-state index contributed by atoms with van der Waals surface area (Å²) in [6, 6.07) is 14.5. The third-order valence-electron chi connectivity index (χ3n) is 8.36. The van der Waals surface area contributed by atoms with Crippen LogP contribution in [0, 0.1) is 0 Å². The van der Waals surface area contributed by atoms with E-state index >= 15 is 0 Å². The molecule has 2 heterocycles. The number of rotatable bonds is 13. The van der Waals surface area contributed by atoms with Gasteiger partial charge < -0.3 is 28.4 Å². The fraction of sp³-hybridized carbons (Fsp3) is 0.512. The molecular weight excluding hydrogens is 680 g/mol. The third-order valence-corrected chi connectivity index (χ3v) is 8.36. The van der Waals surface area contributed by atoms with Gasteiger partial charge in [-0.15, -0.1) is 0 Å². The molecule has 12 nitrogen and oxygen atoms in total. The van der Waals surface area contributed by atoms with Gasteiger partial charge in [0.15, 0.2) is 6.79 Å². The quantitative estimate of drug-likeness (QED) is 0.151. The molecule has 0 aliphatic carbocycles. The Hall–Kier alpha value is -4.36. The number of imide groups is 2. The highest BCUT2D eigenvalue weighted by molar-refractivity contribution is 6.35. The van der Waals surface area contributed by atoms with E-state index in [4.69, 9.17) is 28.4 Å². The molecule has 0 aromatic heterocycles. The molecule has 2 aromatic carbocycles. The normalized spacial score (nSPS) is 14.8. The number of hydrogen-bond donors (Lipinski definition) is 0. The van der Waals surface area contributed by atoms with E-state index in [0.717, 1.165) is 20.9 Å². The molecule has 290 valence electrons. The van der Waals surface area contributed by atoms with Gasteiger partial charge in [-0.1, -0.05) is 104 Å². The van der Waals surface area contributed by atoms with Crippen LogP contribution in [-0.4, -0.2) is 93.4 Å². The Morgan fingerprint density at radius 3 is 1.38 bits per heavy atom. The minimum atomic E-state index is -1.16. The van der Waals surface area contributed by atoms with Crippen molar-refractivity contribution < 1.29 is 47.6 Å². The number of benzene rings is 2. The van der Waals surface area contributed by atoms with Crippen LogP contribution >= 0.6 is 0 Å². The van der Waals surface area contributed by atoms with Gasteiger partial charge >= 0.3 is 12.2 Å². The van der Waals surface area contributed by atoms with E-state index in [1.54, 1.807) is 45.2 Å². The summed E-state index contributed by atoms with van der Waals surface area (Å²) in [4.78, 5) is 58.5. The smallest absolute Gasteiger partial charge is 0.423 e. The van der Waals surface area contributed by atoms with E-state index in [1.807, 2.05) is 38.1 Å². The lowest BCUT2D eigenvalue weighted by molar-refractivity contribution is -0.124. The molecule has 0 bridgehead atoms. The summed E-state index contributed by atoms with van der Waals surface area (Å²) >= 11 is 0. The first-order valence-electron chi connectivity index (χ1n) is 17.9. The van der Waals surface area contributed by atoms with Gasteiger partial charge in [0.25, 0.3) is 11.8 Å². The second-order valence-electron chi connectivity index (χ2n) is 15.0. The Morgan fingerprint density at radius 1 is 0.585 bits per heavy atom.